The van der Waals surface area contributed by atoms with Crippen LogP contribution in [0.5, 0.6) is 0 Å². The van der Waals surface area contributed by atoms with Gasteiger partial charge < -0.3 is 0 Å². The Morgan fingerprint density at radius 1 is 0.652 bits per heavy atom. The highest BCUT2D eigenvalue weighted by atomic mass is 28.3. The summed E-state index contributed by atoms with van der Waals surface area (Å²) in [7, 11) is -1.80. The molecule has 2 aromatic rings. The first-order valence-corrected chi connectivity index (χ1v) is 11.3. The van der Waals surface area contributed by atoms with E-state index in [1.165, 1.54) is 24.0 Å². The second kappa shape index (κ2) is 7.48. The van der Waals surface area contributed by atoms with Crippen LogP contribution in [-0.2, 0) is 0 Å². The molecule has 0 nitrogen and oxygen atoms in total. The Balaban J connectivity index is 2.73. The molecule has 0 aliphatic carbocycles. The van der Waals surface area contributed by atoms with Crippen molar-refractivity contribution in [2.75, 3.05) is 0 Å². The average Bonchev–Trinajstić information content (AvgIpc) is 2.57. The van der Waals surface area contributed by atoms with E-state index in [2.05, 4.69) is 90.1 Å². The van der Waals surface area contributed by atoms with E-state index in [-0.39, 0.29) is 0 Å². The topological polar surface area (TPSA) is 0 Å². The molecular formula is C22H32Si. The van der Waals surface area contributed by atoms with Crippen molar-refractivity contribution < 1.29 is 0 Å². The SMILES string of the molecule is CCC(C)[Si](c1ccc(C)cc1)(c1ccc(C)cc1)C(C)CC. The van der Waals surface area contributed by atoms with Crippen molar-refractivity contribution in [2.24, 2.45) is 0 Å². The van der Waals surface area contributed by atoms with Crippen LogP contribution in [0.15, 0.2) is 48.5 Å². The van der Waals surface area contributed by atoms with Crippen molar-refractivity contribution in [3.8, 4) is 0 Å². The Morgan fingerprint density at radius 2 is 0.957 bits per heavy atom. The standard InChI is InChI=1S/C22H32Si/c1-7-19(5)23(20(6)8-2,21-13-9-17(3)10-14-21)22-15-11-18(4)12-16-22/h9-16,19-20H,7-8H2,1-6H3. The fourth-order valence-electron chi connectivity index (χ4n) is 4.09. The molecule has 0 amide bonds. The molecule has 0 heterocycles. The third-order valence-corrected chi connectivity index (χ3v) is 12.3. The molecule has 0 saturated heterocycles. The van der Waals surface area contributed by atoms with Crippen LogP contribution in [0.25, 0.3) is 0 Å². The number of rotatable bonds is 6. The van der Waals surface area contributed by atoms with Gasteiger partial charge in [-0.25, -0.2) is 0 Å². The smallest absolute Gasteiger partial charge is 0.0654 e. The van der Waals surface area contributed by atoms with E-state index in [0.29, 0.717) is 0 Å². The van der Waals surface area contributed by atoms with Crippen molar-refractivity contribution in [3.63, 3.8) is 0 Å². The Bertz CT molecular complexity index is 552. The highest BCUT2D eigenvalue weighted by Crippen LogP contribution is 2.36. The zero-order chi connectivity index (χ0) is 17.0. The Labute approximate surface area is 144 Å². The van der Waals surface area contributed by atoms with Crippen LogP contribution in [0.4, 0.5) is 0 Å². The lowest BCUT2D eigenvalue weighted by atomic mass is 10.2. The summed E-state index contributed by atoms with van der Waals surface area (Å²) in [6.45, 7) is 14.1. The van der Waals surface area contributed by atoms with Gasteiger partial charge in [0.2, 0.25) is 0 Å². The van der Waals surface area contributed by atoms with Crippen molar-refractivity contribution in [1.82, 2.24) is 0 Å². The summed E-state index contributed by atoms with van der Waals surface area (Å²) >= 11 is 0. The molecule has 124 valence electrons. The van der Waals surface area contributed by atoms with Gasteiger partial charge in [0, 0.05) is 0 Å². The second-order valence-electron chi connectivity index (χ2n) is 7.22. The summed E-state index contributed by atoms with van der Waals surface area (Å²) in [5.41, 5.74) is 4.19. The summed E-state index contributed by atoms with van der Waals surface area (Å²) in [5.74, 6) is 0. The molecule has 0 saturated carbocycles. The number of hydrogen-bond donors (Lipinski definition) is 0. The fraction of sp³-hybridized carbons (Fsp3) is 0.455. The van der Waals surface area contributed by atoms with E-state index >= 15 is 0 Å². The Morgan fingerprint density at radius 3 is 1.22 bits per heavy atom. The van der Waals surface area contributed by atoms with E-state index in [0.717, 1.165) is 11.1 Å². The van der Waals surface area contributed by atoms with Gasteiger partial charge in [-0.1, -0.05) is 111 Å². The maximum Gasteiger partial charge on any atom is 0.123 e. The molecule has 0 fully saturated rings. The monoisotopic (exact) mass is 324 g/mol. The van der Waals surface area contributed by atoms with Crippen molar-refractivity contribution in [2.45, 2.75) is 65.5 Å². The van der Waals surface area contributed by atoms with Crippen molar-refractivity contribution >= 4 is 18.4 Å². The largest absolute Gasteiger partial charge is 0.123 e. The molecule has 0 spiro atoms. The van der Waals surface area contributed by atoms with Gasteiger partial charge in [-0.05, 0) is 24.9 Å². The van der Waals surface area contributed by atoms with Crippen LogP contribution in [0.3, 0.4) is 0 Å². The van der Waals surface area contributed by atoms with Gasteiger partial charge >= 0.3 is 0 Å². The lowest BCUT2D eigenvalue weighted by molar-refractivity contribution is 0.775. The van der Waals surface area contributed by atoms with Crippen LogP contribution in [0, 0.1) is 13.8 Å². The number of hydrogen-bond acceptors (Lipinski definition) is 0. The summed E-state index contributed by atoms with van der Waals surface area (Å²) in [5, 5.41) is 3.21. The Kier molecular flexibility index (Phi) is 5.86. The van der Waals surface area contributed by atoms with E-state index in [9.17, 15) is 0 Å². The predicted molar refractivity (Wildman–Crippen MR) is 107 cm³/mol. The summed E-state index contributed by atoms with van der Waals surface area (Å²) < 4.78 is 0. The lowest BCUT2D eigenvalue weighted by Gasteiger charge is -2.43. The van der Waals surface area contributed by atoms with Gasteiger partial charge in [-0.3, -0.25) is 0 Å². The highest BCUT2D eigenvalue weighted by Gasteiger charge is 2.45. The minimum atomic E-state index is -1.80. The predicted octanol–water partition coefficient (Wildman–Crippen LogP) is 5.47. The van der Waals surface area contributed by atoms with E-state index in [4.69, 9.17) is 0 Å². The molecule has 0 bridgehead atoms. The van der Waals surface area contributed by atoms with E-state index in [1.54, 1.807) is 10.4 Å². The molecule has 0 aliphatic rings. The first-order valence-electron chi connectivity index (χ1n) is 9.11. The molecule has 23 heavy (non-hydrogen) atoms. The third-order valence-electron chi connectivity index (χ3n) is 5.84. The van der Waals surface area contributed by atoms with Gasteiger partial charge in [0.15, 0.2) is 0 Å². The quantitative estimate of drug-likeness (QED) is 0.618. The molecule has 1 heteroatoms. The van der Waals surface area contributed by atoms with Crippen LogP contribution in [-0.4, -0.2) is 8.07 Å². The van der Waals surface area contributed by atoms with Gasteiger partial charge in [-0.15, -0.1) is 0 Å². The maximum absolute atomic E-state index is 2.48. The molecule has 2 unspecified atom stereocenters. The van der Waals surface area contributed by atoms with Gasteiger partial charge in [0.25, 0.3) is 0 Å². The normalized spacial score (nSPS) is 14.5. The summed E-state index contributed by atoms with van der Waals surface area (Å²) in [4.78, 5) is 0. The highest BCUT2D eigenvalue weighted by molar-refractivity contribution is 7.04. The second-order valence-corrected chi connectivity index (χ2v) is 12.1. The zero-order valence-corrected chi connectivity index (χ0v) is 16.7. The molecule has 0 N–H and O–H groups in total. The molecule has 2 rings (SSSR count). The van der Waals surface area contributed by atoms with Crippen LogP contribution in [0.2, 0.25) is 11.1 Å². The molecule has 0 aromatic heterocycles. The first-order chi connectivity index (χ1) is 11.0. The number of aryl methyl sites for hydroxylation is 2. The third kappa shape index (κ3) is 3.30. The zero-order valence-electron chi connectivity index (χ0n) is 15.7. The average molecular weight is 325 g/mol. The van der Waals surface area contributed by atoms with E-state index in [1.807, 2.05) is 0 Å². The molecule has 0 aliphatic heterocycles. The lowest BCUT2D eigenvalue weighted by Crippen LogP contribution is -2.63. The molecular weight excluding hydrogens is 292 g/mol. The van der Waals surface area contributed by atoms with E-state index < -0.39 is 8.07 Å². The molecule has 2 atom stereocenters. The van der Waals surface area contributed by atoms with Crippen molar-refractivity contribution in [1.29, 1.82) is 0 Å². The van der Waals surface area contributed by atoms with Crippen LogP contribution < -0.4 is 10.4 Å². The Hall–Kier alpha value is -1.34. The fourth-order valence-corrected chi connectivity index (χ4v) is 10.4. The van der Waals surface area contributed by atoms with Gasteiger partial charge in [0.1, 0.15) is 8.07 Å². The minimum Gasteiger partial charge on any atom is -0.0654 e. The maximum atomic E-state index is 2.48. The first kappa shape index (κ1) is 18.0. The van der Waals surface area contributed by atoms with Gasteiger partial charge in [-0.2, -0.15) is 0 Å². The minimum absolute atomic E-state index is 0.739. The summed E-state index contributed by atoms with van der Waals surface area (Å²) in [6, 6.07) is 18.9. The van der Waals surface area contributed by atoms with Crippen LogP contribution >= 0.6 is 0 Å². The molecule has 0 radical (unpaired) electrons. The van der Waals surface area contributed by atoms with Gasteiger partial charge in [0.05, 0.1) is 0 Å². The molecule has 2 aromatic carbocycles. The van der Waals surface area contributed by atoms with Crippen LogP contribution in [0.1, 0.15) is 51.7 Å². The summed E-state index contributed by atoms with van der Waals surface area (Å²) in [6.07, 6.45) is 2.50. The number of benzene rings is 2. The van der Waals surface area contributed by atoms with Crippen molar-refractivity contribution in [3.05, 3.63) is 59.7 Å².